The first-order valence-corrected chi connectivity index (χ1v) is 7.22. The molecule has 6 nitrogen and oxygen atoms in total. The van der Waals surface area contributed by atoms with Crippen molar-refractivity contribution in [2.75, 3.05) is 7.05 Å². The molecular weight excluding hydrogens is 294 g/mol. The smallest absolute Gasteiger partial charge is 0.244 e. The lowest BCUT2D eigenvalue weighted by molar-refractivity contribution is -0.131. The highest BCUT2D eigenvalue weighted by Crippen LogP contribution is 2.24. The first kappa shape index (κ1) is 16.4. The van der Waals surface area contributed by atoms with Crippen molar-refractivity contribution in [1.29, 1.82) is 5.26 Å². The number of aromatic nitrogens is 1. The molecule has 2 aromatic rings. The zero-order valence-electron chi connectivity index (χ0n) is 13.0. The summed E-state index contributed by atoms with van der Waals surface area (Å²) >= 11 is 0. The number of hydrogen-bond acceptors (Lipinski definition) is 5. The van der Waals surface area contributed by atoms with Crippen LogP contribution in [0.15, 0.2) is 34.7 Å². The van der Waals surface area contributed by atoms with Gasteiger partial charge < -0.3 is 9.73 Å². The number of rotatable bonds is 6. The van der Waals surface area contributed by atoms with Crippen LogP contribution < -0.4 is 5.32 Å². The number of benzene rings is 1. The van der Waals surface area contributed by atoms with E-state index in [-0.39, 0.29) is 12.8 Å². The minimum Gasteiger partial charge on any atom is -0.440 e. The predicted molar refractivity (Wildman–Crippen MR) is 83.2 cm³/mol. The largest absolute Gasteiger partial charge is 0.440 e. The monoisotopic (exact) mass is 311 g/mol. The Morgan fingerprint density at radius 3 is 2.65 bits per heavy atom. The average Bonchev–Trinajstić information content (AvgIpc) is 2.95. The van der Waals surface area contributed by atoms with Crippen molar-refractivity contribution in [3.8, 4) is 17.4 Å². The van der Waals surface area contributed by atoms with Gasteiger partial charge in [-0.2, -0.15) is 5.26 Å². The fraction of sp³-hybridized carbons (Fsp3) is 0.294. The van der Waals surface area contributed by atoms with Gasteiger partial charge in [0.2, 0.25) is 5.91 Å². The van der Waals surface area contributed by atoms with Gasteiger partial charge in [0.05, 0.1) is 11.8 Å². The number of oxazole rings is 1. The number of ketones is 1. The first-order valence-electron chi connectivity index (χ1n) is 7.22. The molecule has 0 aliphatic rings. The van der Waals surface area contributed by atoms with Crippen LogP contribution in [0.25, 0.3) is 11.3 Å². The van der Waals surface area contributed by atoms with Crippen LogP contribution in [0.3, 0.4) is 0 Å². The number of aryl methyl sites for hydroxylation is 2. The number of nitriles is 1. The van der Waals surface area contributed by atoms with Crippen molar-refractivity contribution >= 4 is 11.7 Å². The van der Waals surface area contributed by atoms with Gasteiger partial charge in [-0.05, 0) is 6.92 Å². The molecule has 0 saturated carbocycles. The Bertz CT molecular complexity index is 744. The molecule has 1 atom stereocenters. The maximum atomic E-state index is 12.0. The summed E-state index contributed by atoms with van der Waals surface area (Å²) in [5.74, 6) is -1.24. The Labute approximate surface area is 134 Å². The standard InChI is InChI=1S/C17H17N3O3/c1-11-16(12-6-4-3-5-7-12)23-15(20-11)9-8-14(21)13(10-18)17(22)19-2/h3-7,13H,8-9H2,1-2H3,(H,19,22)/t13-/m1/s1. The van der Waals surface area contributed by atoms with E-state index in [0.717, 1.165) is 11.3 Å². The van der Waals surface area contributed by atoms with Gasteiger partial charge in [0.15, 0.2) is 23.4 Å². The summed E-state index contributed by atoms with van der Waals surface area (Å²) in [5, 5.41) is 11.2. The second kappa shape index (κ2) is 7.36. The van der Waals surface area contributed by atoms with Gasteiger partial charge in [0.1, 0.15) is 0 Å². The molecular formula is C17H17N3O3. The van der Waals surface area contributed by atoms with Crippen LogP contribution in [0.5, 0.6) is 0 Å². The summed E-state index contributed by atoms with van der Waals surface area (Å²) in [6, 6.07) is 11.3. The van der Waals surface area contributed by atoms with Crippen molar-refractivity contribution in [3.05, 3.63) is 41.9 Å². The Hall–Kier alpha value is -2.94. The second-order valence-electron chi connectivity index (χ2n) is 5.03. The van der Waals surface area contributed by atoms with Crippen molar-refractivity contribution in [1.82, 2.24) is 10.3 Å². The number of nitrogens with one attached hydrogen (secondary N) is 1. The lowest BCUT2D eigenvalue weighted by Gasteiger charge is -2.05. The zero-order valence-corrected chi connectivity index (χ0v) is 13.0. The first-order chi connectivity index (χ1) is 11.1. The molecule has 23 heavy (non-hydrogen) atoms. The molecule has 118 valence electrons. The third kappa shape index (κ3) is 3.83. The van der Waals surface area contributed by atoms with Gasteiger partial charge in [-0.3, -0.25) is 9.59 Å². The number of carbonyl (C=O) groups is 2. The van der Waals surface area contributed by atoms with E-state index in [0.29, 0.717) is 11.7 Å². The number of amides is 1. The van der Waals surface area contributed by atoms with E-state index in [1.165, 1.54) is 7.05 Å². The molecule has 0 spiro atoms. The third-order valence-corrected chi connectivity index (χ3v) is 3.42. The van der Waals surface area contributed by atoms with E-state index in [1.807, 2.05) is 37.3 Å². The maximum Gasteiger partial charge on any atom is 0.244 e. The van der Waals surface area contributed by atoms with Gasteiger partial charge in [0, 0.05) is 25.5 Å². The van der Waals surface area contributed by atoms with Crippen molar-refractivity contribution in [2.24, 2.45) is 5.92 Å². The van der Waals surface area contributed by atoms with Gasteiger partial charge in [-0.15, -0.1) is 0 Å². The SMILES string of the molecule is CNC(=O)[C@H](C#N)C(=O)CCc1nc(C)c(-c2ccccc2)o1. The molecule has 1 aromatic heterocycles. The van der Waals surface area contributed by atoms with Crippen molar-refractivity contribution < 1.29 is 14.0 Å². The Morgan fingerprint density at radius 1 is 1.35 bits per heavy atom. The Morgan fingerprint density at radius 2 is 2.04 bits per heavy atom. The molecule has 2 rings (SSSR count). The van der Waals surface area contributed by atoms with Crippen molar-refractivity contribution in [2.45, 2.75) is 19.8 Å². The van der Waals surface area contributed by atoms with Gasteiger partial charge in [-0.1, -0.05) is 30.3 Å². The molecule has 0 saturated heterocycles. The molecule has 0 aliphatic carbocycles. The van der Waals surface area contributed by atoms with E-state index in [9.17, 15) is 9.59 Å². The molecule has 0 fully saturated rings. The summed E-state index contributed by atoms with van der Waals surface area (Å²) in [5.41, 5.74) is 1.65. The Kier molecular flexibility index (Phi) is 5.26. The van der Waals surface area contributed by atoms with E-state index >= 15 is 0 Å². The summed E-state index contributed by atoms with van der Waals surface area (Å²) in [6.07, 6.45) is 0.279. The van der Waals surface area contributed by atoms with Crippen LogP contribution in [-0.2, 0) is 16.0 Å². The lowest BCUT2D eigenvalue weighted by Crippen LogP contribution is -2.32. The van der Waals surface area contributed by atoms with Crippen LogP contribution in [0.1, 0.15) is 18.0 Å². The molecule has 1 N–H and O–H groups in total. The number of carbonyl (C=O) groups excluding carboxylic acids is 2. The van der Waals surface area contributed by atoms with E-state index in [1.54, 1.807) is 6.07 Å². The van der Waals surface area contributed by atoms with E-state index in [2.05, 4.69) is 10.3 Å². The number of Topliss-reactive ketones (excluding diaryl/α,β-unsaturated/α-hetero) is 1. The van der Waals surface area contributed by atoms with Crippen LogP contribution in [-0.4, -0.2) is 23.7 Å². The molecule has 0 radical (unpaired) electrons. The summed E-state index contributed by atoms with van der Waals surface area (Å²) in [6.45, 7) is 1.83. The second-order valence-corrected chi connectivity index (χ2v) is 5.03. The number of nitrogens with zero attached hydrogens (tertiary/aromatic N) is 2. The van der Waals surface area contributed by atoms with Crippen LogP contribution in [0.4, 0.5) is 0 Å². The minimum atomic E-state index is -1.29. The topological polar surface area (TPSA) is 96.0 Å². The van der Waals surface area contributed by atoms with Gasteiger partial charge in [0.25, 0.3) is 0 Å². The van der Waals surface area contributed by atoms with Crippen LogP contribution >= 0.6 is 0 Å². The summed E-state index contributed by atoms with van der Waals surface area (Å²) < 4.78 is 5.70. The summed E-state index contributed by atoms with van der Waals surface area (Å²) in [7, 11) is 1.39. The molecule has 1 aromatic carbocycles. The number of hydrogen-bond donors (Lipinski definition) is 1. The zero-order chi connectivity index (χ0) is 16.8. The van der Waals surface area contributed by atoms with Crippen LogP contribution in [0.2, 0.25) is 0 Å². The minimum absolute atomic E-state index is 0.0276. The predicted octanol–water partition coefficient (Wildman–Crippen LogP) is 2.04. The van der Waals surface area contributed by atoms with Crippen LogP contribution in [0, 0.1) is 24.2 Å². The average molecular weight is 311 g/mol. The maximum absolute atomic E-state index is 12.0. The van der Waals surface area contributed by atoms with Crippen molar-refractivity contribution in [3.63, 3.8) is 0 Å². The molecule has 0 unspecified atom stereocenters. The van der Waals surface area contributed by atoms with Gasteiger partial charge >= 0.3 is 0 Å². The molecule has 1 heterocycles. The van der Waals surface area contributed by atoms with E-state index < -0.39 is 17.6 Å². The summed E-state index contributed by atoms with van der Waals surface area (Å²) in [4.78, 5) is 27.7. The highest BCUT2D eigenvalue weighted by molar-refractivity contribution is 6.03. The highest BCUT2D eigenvalue weighted by Gasteiger charge is 2.25. The lowest BCUT2D eigenvalue weighted by atomic mass is 10.0. The Balaban J connectivity index is 2.06. The highest BCUT2D eigenvalue weighted by atomic mass is 16.4. The molecule has 0 aliphatic heterocycles. The fourth-order valence-electron chi connectivity index (χ4n) is 2.21. The fourth-order valence-corrected chi connectivity index (χ4v) is 2.21. The molecule has 1 amide bonds. The quantitative estimate of drug-likeness (QED) is 0.823. The normalized spacial score (nSPS) is 11.5. The van der Waals surface area contributed by atoms with E-state index in [4.69, 9.17) is 9.68 Å². The third-order valence-electron chi connectivity index (χ3n) is 3.42. The van der Waals surface area contributed by atoms with Gasteiger partial charge in [-0.25, -0.2) is 4.98 Å². The molecule has 6 heteroatoms. The molecule has 0 bridgehead atoms.